The molecule has 2 atom stereocenters. The van der Waals surface area contributed by atoms with Crippen LogP contribution in [0.15, 0.2) is 47.3 Å². The van der Waals surface area contributed by atoms with E-state index in [4.69, 9.17) is 0 Å². The van der Waals surface area contributed by atoms with Crippen LogP contribution in [0.5, 0.6) is 0 Å². The molecule has 2 N–H and O–H groups in total. The quantitative estimate of drug-likeness (QED) is 0.559. The first-order valence-electron chi connectivity index (χ1n) is 12.1. The molecule has 3 aromatic rings. The molecule has 1 aromatic heterocycles. The van der Waals surface area contributed by atoms with E-state index >= 15 is 0 Å². The van der Waals surface area contributed by atoms with Crippen molar-refractivity contribution in [1.82, 2.24) is 15.2 Å². The van der Waals surface area contributed by atoms with Gasteiger partial charge in [-0.3, -0.25) is 9.59 Å². The first-order valence-corrected chi connectivity index (χ1v) is 12.1. The number of nitrogens with one attached hydrogen (secondary N) is 2. The van der Waals surface area contributed by atoms with Gasteiger partial charge in [0.25, 0.3) is 11.5 Å². The largest absolute Gasteiger partial charge is 0.345 e. The minimum atomic E-state index is -0.634. The van der Waals surface area contributed by atoms with Crippen molar-refractivity contribution < 1.29 is 13.6 Å². The number of carbonyl (C=O) groups excluding carboxylic acids is 1. The van der Waals surface area contributed by atoms with Crippen LogP contribution < -0.4 is 16.2 Å². The van der Waals surface area contributed by atoms with E-state index in [1.54, 1.807) is 19.1 Å². The van der Waals surface area contributed by atoms with Crippen LogP contribution in [0.4, 0.5) is 8.78 Å². The molecule has 1 saturated carbocycles. The Balaban J connectivity index is 1.59. The SMILES string of the molecule is Cc1c(C(=O)N[C@H](c2cccc(F)c2)C2CCC2)c2cccc(F)c2c(=O)n1C[C@@H]1CCCN1. The van der Waals surface area contributed by atoms with E-state index in [0.29, 0.717) is 23.2 Å². The highest BCUT2D eigenvalue weighted by Crippen LogP contribution is 2.38. The third-order valence-corrected chi connectivity index (χ3v) is 7.42. The van der Waals surface area contributed by atoms with Crippen LogP contribution in [0.25, 0.3) is 10.8 Å². The Morgan fingerprint density at radius 1 is 1.15 bits per heavy atom. The minimum Gasteiger partial charge on any atom is -0.345 e. The number of aromatic nitrogens is 1. The zero-order chi connectivity index (χ0) is 23.8. The number of amides is 1. The first-order chi connectivity index (χ1) is 16.4. The maximum absolute atomic E-state index is 14.9. The van der Waals surface area contributed by atoms with E-state index < -0.39 is 11.4 Å². The molecular weight excluding hydrogens is 436 g/mol. The molecule has 2 heterocycles. The molecule has 7 heteroatoms. The molecule has 0 radical (unpaired) electrons. The summed E-state index contributed by atoms with van der Waals surface area (Å²) in [6, 6.07) is 10.5. The molecule has 0 unspecified atom stereocenters. The number of carbonyl (C=O) groups is 1. The predicted molar refractivity (Wildman–Crippen MR) is 128 cm³/mol. The number of benzene rings is 2. The van der Waals surface area contributed by atoms with Gasteiger partial charge in [-0.05, 0) is 68.8 Å². The maximum atomic E-state index is 14.9. The summed E-state index contributed by atoms with van der Waals surface area (Å²) in [7, 11) is 0. The van der Waals surface area contributed by atoms with E-state index in [9.17, 15) is 18.4 Å². The fraction of sp³-hybridized carbons (Fsp3) is 0.407. The fourth-order valence-corrected chi connectivity index (χ4v) is 5.37. The van der Waals surface area contributed by atoms with Gasteiger partial charge in [-0.25, -0.2) is 8.78 Å². The lowest BCUT2D eigenvalue weighted by atomic mass is 9.77. The van der Waals surface area contributed by atoms with Crippen molar-refractivity contribution in [3.05, 3.63) is 81.3 Å². The molecule has 1 aliphatic carbocycles. The van der Waals surface area contributed by atoms with Gasteiger partial charge in [-0.2, -0.15) is 0 Å². The van der Waals surface area contributed by atoms with Crippen molar-refractivity contribution in [2.45, 2.75) is 57.7 Å². The van der Waals surface area contributed by atoms with E-state index in [-0.39, 0.29) is 35.1 Å². The van der Waals surface area contributed by atoms with E-state index in [2.05, 4.69) is 10.6 Å². The first kappa shape index (κ1) is 22.7. The van der Waals surface area contributed by atoms with Gasteiger partial charge < -0.3 is 15.2 Å². The van der Waals surface area contributed by atoms with Gasteiger partial charge in [0.1, 0.15) is 11.6 Å². The maximum Gasteiger partial charge on any atom is 0.261 e. The number of hydrogen-bond acceptors (Lipinski definition) is 3. The topological polar surface area (TPSA) is 63.1 Å². The van der Waals surface area contributed by atoms with E-state index in [0.717, 1.165) is 44.2 Å². The second kappa shape index (κ2) is 9.29. The molecule has 178 valence electrons. The summed E-state index contributed by atoms with van der Waals surface area (Å²) in [6.07, 6.45) is 4.90. The van der Waals surface area contributed by atoms with Crippen molar-refractivity contribution >= 4 is 16.7 Å². The van der Waals surface area contributed by atoms with Gasteiger partial charge in [0.05, 0.1) is 17.0 Å². The summed E-state index contributed by atoms with van der Waals surface area (Å²) in [5.74, 6) is -1.15. The Labute approximate surface area is 197 Å². The Kier molecular flexibility index (Phi) is 6.21. The van der Waals surface area contributed by atoms with Crippen LogP contribution in [-0.4, -0.2) is 23.1 Å². The lowest BCUT2D eigenvalue weighted by Crippen LogP contribution is -2.39. The van der Waals surface area contributed by atoms with Crippen molar-refractivity contribution in [3.63, 3.8) is 0 Å². The van der Waals surface area contributed by atoms with Crippen LogP contribution in [0.2, 0.25) is 0 Å². The lowest BCUT2D eigenvalue weighted by Gasteiger charge is -2.35. The van der Waals surface area contributed by atoms with Gasteiger partial charge in [0, 0.05) is 23.7 Å². The summed E-state index contributed by atoms with van der Waals surface area (Å²) >= 11 is 0. The summed E-state index contributed by atoms with van der Waals surface area (Å²) in [4.78, 5) is 27.0. The lowest BCUT2D eigenvalue weighted by molar-refractivity contribution is 0.0900. The smallest absolute Gasteiger partial charge is 0.261 e. The summed E-state index contributed by atoms with van der Waals surface area (Å²) in [5.41, 5.74) is 1.11. The van der Waals surface area contributed by atoms with Crippen LogP contribution >= 0.6 is 0 Å². The Morgan fingerprint density at radius 3 is 2.62 bits per heavy atom. The third kappa shape index (κ3) is 4.13. The zero-order valence-corrected chi connectivity index (χ0v) is 19.2. The molecule has 1 amide bonds. The van der Waals surface area contributed by atoms with Gasteiger partial charge in [-0.1, -0.05) is 30.7 Å². The van der Waals surface area contributed by atoms with E-state index in [1.807, 2.05) is 6.07 Å². The molecule has 2 aliphatic rings. The number of hydrogen-bond donors (Lipinski definition) is 2. The Hall–Kier alpha value is -3.06. The van der Waals surface area contributed by atoms with Crippen LogP contribution in [-0.2, 0) is 6.54 Å². The summed E-state index contributed by atoms with van der Waals surface area (Å²) < 4.78 is 30.4. The van der Waals surface area contributed by atoms with Crippen LogP contribution in [0.3, 0.4) is 0 Å². The zero-order valence-electron chi connectivity index (χ0n) is 19.2. The van der Waals surface area contributed by atoms with Gasteiger partial charge >= 0.3 is 0 Å². The number of rotatable bonds is 6. The minimum absolute atomic E-state index is 0.0674. The third-order valence-electron chi connectivity index (χ3n) is 7.42. The standard InChI is InChI=1S/C27H29F2N3O2/c1-16-23(26(33)31-25(17-6-2-7-17)18-8-3-9-19(28)14-18)21-11-4-12-22(29)24(21)27(34)32(16)15-20-10-5-13-30-20/h3-4,8-9,11-12,14,17,20,25,30H,2,5-7,10,13,15H2,1H3,(H,31,33)/t20-,25-/m0/s1. The van der Waals surface area contributed by atoms with Crippen molar-refractivity contribution in [2.75, 3.05) is 6.54 Å². The number of fused-ring (bicyclic) bond motifs is 1. The Morgan fingerprint density at radius 2 is 1.94 bits per heavy atom. The van der Waals surface area contributed by atoms with Gasteiger partial charge in [0.2, 0.25) is 0 Å². The van der Waals surface area contributed by atoms with Crippen molar-refractivity contribution in [1.29, 1.82) is 0 Å². The molecule has 2 aromatic carbocycles. The van der Waals surface area contributed by atoms with Crippen LogP contribution in [0.1, 0.15) is 59.8 Å². The van der Waals surface area contributed by atoms with Gasteiger partial charge in [-0.15, -0.1) is 0 Å². The molecule has 1 saturated heterocycles. The molecular formula is C27H29F2N3O2. The van der Waals surface area contributed by atoms with Crippen LogP contribution in [0, 0.1) is 24.5 Å². The highest BCUT2D eigenvalue weighted by Gasteiger charge is 2.32. The molecule has 5 nitrogen and oxygen atoms in total. The molecule has 0 spiro atoms. The normalized spacial score (nSPS) is 19.2. The molecule has 1 aliphatic heterocycles. The monoisotopic (exact) mass is 465 g/mol. The second-order valence-corrected chi connectivity index (χ2v) is 9.53. The second-order valence-electron chi connectivity index (χ2n) is 9.53. The molecule has 34 heavy (non-hydrogen) atoms. The average Bonchev–Trinajstić information content (AvgIpc) is 3.28. The van der Waals surface area contributed by atoms with Gasteiger partial charge in [0.15, 0.2) is 0 Å². The summed E-state index contributed by atoms with van der Waals surface area (Å²) in [5, 5.41) is 6.72. The predicted octanol–water partition coefficient (Wildman–Crippen LogP) is 4.61. The fourth-order valence-electron chi connectivity index (χ4n) is 5.37. The van der Waals surface area contributed by atoms with Crippen molar-refractivity contribution in [2.24, 2.45) is 5.92 Å². The summed E-state index contributed by atoms with van der Waals surface area (Å²) in [6.45, 7) is 3.01. The average molecular weight is 466 g/mol. The molecule has 2 fully saturated rings. The number of nitrogens with zero attached hydrogens (tertiary/aromatic N) is 1. The van der Waals surface area contributed by atoms with E-state index in [1.165, 1.54) is 28.8 Å². The number of halogens is 2. The highest BCUT2D eigenvalue weighted by molar-refractivity contribution is 6.08. The Bertz CT molecular complexity index is 1290. The van der Waals surface area contributed by atoms with Crippen molar-refractivity contribution in [3.8, 4) is 0 Å². The number of pyridine rings is 1. The molecule has 0 bridgehead atoms. The highest BCUT2D eigenvalue weighted by atomic mass is 19.1. The molecule has 5 rings (SSSR count).